The third-order valence-corrected chi connectivity index (χ3v) is 6.88. The summed E-state index contributed by atoms with van der Waals surface area (Å²) in [5.41, 5.74) is 1.79. The third-order valence-electron chi connectivity index (χ3n) is 5.54. The van der Waals surface area contributed by atoms with Crippen molar-refractivity contribution < 1.29 is 0 Å². The van der Waals surface area contributed by atoms with Gasteiger partial charge in [0.15, 0.2) is 0 Å². The number of thiophene rings is 1. The van der Waals surface area contributed by atoms with Crippen molar-refractivity contribution >= 4 is 22.9 Å². The number of halogens is 1. The summed E-state index contributed by atoms with van der Waals surface area (Å²) in [5.74, 6) is 0.845. The molecule has 1 fully saturated rings. The molecule has 0 radical (unpaired) electrons. The molecule has 1 heterocycles. The van der Waals surface area contributed by atoms with Crippen LogP contribution < -0.4 is 5.32 Å². The number of hydrogen-bond donors (Lipinski definition) is 1. The lowest BCUT2D eigenvalue weighted by atomic mass is 9.75. The van der Waals surface area contributed by atoms with Gasteiger partial charge in [0.05, 0.1) is 4.34 Å². The van der Waals surface area contributed by atoms with E-state index in [9.17, 15) is 0 Å². The maximum Gasteiger partial charge on any atom is 0.0934 e. The van der Waals surface area contributed by atoms with E-state index in [1.54, 1.807) is 11.3 Å². The van der Waals surface area contributed by atoms with E-state index in [-0.39, 0.29) is 0 Å². The average molecular weight is 327 g/mol. The van der Waals surface area contributed by atoms with E-state index in [2.05, 4.69) is 37.3 Å². The van der Waals surface area contributed by atoms with Gasteiger partial charge < -0.3 is 10.2 Å². The van der Waals surface area contributed by atoms with E-state index in [0.29, 0.717) is 11.6 Å². The van der Waals surface area contributed by atoms with Crippen LogP contribution >= 0.6 is 22.9 Å². The molecule has 1 aromatic rings. The summed E-state index contributed by atoms with van der Waals surface area (Å²) >= 11 is 7.93. The zero-order chi connectivity index (χ0) is 15.0. The summed E-state index contributed by atoms with van der Waals surface area (Å²) in [7, 11) is 4.50. The summed E-state index contributed by atoms with van der Waals surface area (Å²) in [6.45, 7) is 3.51. The van der Waals surface area contributed by atoms with Gasteiger partial charge in [0, 0.05) is 23.0 Å². The molecule has 2 aliphatic carbocycles. The Morgan fingerprint density at radius 1 is 1.43 bits per heavy atom. The Kier molecular flexibility index (Phi) is 4.66. The molecule has 0 aromatic carbocycles. The molecular weight excluding hydrogens is 300 g/mol. The van der Waals surface area contributed by atoms with Crippen LogP contribution in [0.1, 0.15) is 55.5 Å². The minimum Gasteiger partial charge on any atom is -0.308 e. The highest BCUT2D eigenvalue weighted by atomic mass is 35.5. The number of nitrogens with one attached hydrogen (secondary N) is 1. The lowest BCUT2D eigenvalue weighted by molar-refractivity contribution is 0.0722. The van der Waals surface area contributed by atoms with E-state index in [0.717, 1.165) is 16.8 Å². The van der Waals surface area contributed by atoms with Crippen molar-refractivity contribution in [3.63, 3.8) is 0 Å². The molecule has 2 aliphatic rings. The van der Waals surface area contributed by atoms with E-state index < -0.39 is 0 Å². The molecule has 4 heteroatoms. The van der Waals surface area contributed by atoms with Crippen molar-refractivity contribution in [2.75, 3.05) is 20.6 Å². The first-order valence-corrected chi connectivity index (χ1v) is 9.38. The fraction of sp³-hybridized carbons (Fsp3) is 0.765. The molecule has 0 amide bonds. The van der Waals surface area contributed by atoms with Crippen LogP contribution in [0.4, 0.5) is 0 Å². The van der Waals surface area contributed by atoms with Gasteiger partial charge in [0.25, 0.3) is 0 Å². The highest BCUT2D eigenvalue weighted by Gasteiger charge is 2.38. The Morgan fingerprint density at radius 3 is 2.95 bits per heavy atom. The van der Waals surface area contributed by atoms with Crippen LogP contribution in [0.5, 0.6) is 0 Å². The van der Waals surface area contributed by atoms with E-state index in [4.69, 9.17) is 11.6 Å². The standard InChI is InChI=1S/C17H27ClN2S/c1-12-5-4-8-17(10-12,20(2)3)11-19-14-6-7-15-13(14)9-16(18)21-15/h9,12,14,19H,4-8,10-11H2,1-3H3. The summed E-state index contributed by atoms with van der Waals surface area (Å²) < 4.78 is 0.945. The number of hydrogen-bond acceptors (Lipinski definition) is 3. The SMILES string of the molecule is CC1CCCC(CNC2CCc3sc(Cl)cc32)(N(C)C)C1. The normalized spacial score (nSPS) is 32.6. The molecule has 1 N–H and O–H groups in total. The lowest BCUT2D eigenvalue weighted by Gasteiger charge is -2.46. The van der Waals surface area contributed by atoms with Crippen molar-refractivity contribution in [1.82, 2.24) is 10.2 Å². The summed E-state index contributed by atoms with van der Waals surface area (Å²) in [4.78, 5) is 3.96. The molecule has 0 saturated heterocycles. The second kappa shape index (κ2) is 6.19. The van der Waals surface area contributed by atoms with Gasteiger partial charge in [0.2, 0.25) is 0 Å². The molecule has 2 nitrogen and oxygen atoms in total. The molecule has 3 unspecified atom stereocenters. The van der Waals surface area contributed by atoms with Crippen LogP contribution in [-0.2, 0) is 6.42 Å². The molecule has 1 saturated carbocycles. The second-order valence-electron chi connectivity index (χ2n) is 7.22. The number of nitrogens with zero attached hydrogens (tertiary/aromatic N) is 1. The maximum absolute atomic E-state index is 6.17. The summed E-state index contributed by atoms with van der Waals surface area (Å²) in [6.07, 6.45) is 7.82. The Balaban J connectivity index is 1.68. The van der Waals surface area contributed by atoms with Crippen LogP contribution in [0.3, 0.4) is 0 Å². The van der Waals surface area contributed by atoms with Gasteiger partial charge in [-0.1, -0.05) is 31.4 Å². The largest absolute Gasteiger partial charge is 0.308 e. The minimum atomic E-state index is 0.334. The van der Waals surface area contributed by atoms with Crippen LogP contribution in [0.25, 0.3) is 0 Å². The third kappa shape index (κ3) is 3.17. The number of aryl methyl sites for hydroxylation is 1. The van der Waals surface area contributed by atoms with Gasteiger partial charge in [-0.2, -0.15) is 0 Å². The number of fused-ring (bicyclic) bond motifs is 1. The van der Waals surface area contributed by atoms with Crippen LogP contribution in [-0.4, -0.2) is 31.1 Å². The predicted molar refractivity (Wildman–Crippen MR) is 92.4 cm³/mol. The average Bonchev–Trinajstić information content (AvgIpc) is 2.95. The quantitative estimate of drug-likeness (QED) is 0.877. The summed E-state index contributed by atoms with van der Waals surface area (Å²) in [5, 5.41) is 3.87. The van der Waals surface area contributed by atoms with Crippen molar-refractivity contribution in [3.8, 4) is 0 Å². The molecule has 21 heavy (non-hydrogen) atoms. The molecule has 0 aliphatic heterocycles. The number of likely N-dealkylation sites (N-methyl/N-ethyl adjacent to an activating group) is 1. The van der Waals surface area contributed by atoms with Gasteiger partial charge in [-0.25, -0.2) is 0 Å². The van der Waals surface area contributed by atoms with E-state index >= 15 is 0 Å². The topological polar surface area (TPSA) is 15.3 Å². The van der Waals surface area contributed by atoms with Crippen molar-refractivity contribution in [2.45, 2.75) is 57.0 Å². The van der Waals surface area contributed by atoms with Crippen LogP contribution in [0.15, 0.2) is 6.07 Å². The first-order chi connectivity index (χ1) is 10.00. The van der Waals surface area contributed by atoms with E-state index in [1.807, 2.05) is 0 Å². The second-order valence-corrected chi connectivity index (χ2v) is 8.99. The molecule has 3 atom stereocenters. The zero-order valence-electron chi connectivity index (χ0n) is 13.4. The fourth-order valence-electron chi connectivity index (χ4n) is 4.21. The lowest BCUT2D eigenvalue weighted by Crippen LogP contribution is -2.54. The van der Waals surface area contributed by atoms with Crippen molar-refractivity contribution in [1.29, 1.82) is 0 Å². The Morgan fingerprint density at radius 2 is 2.24 bits per heavy atom. The first-order valence-electron chi connectivity index (χ1n) is 8.19. The molecule has 1 aromatic heterocycles. The number of rotatable bonds is 4. The van der Waals surface area contributed by atoms with E-state index in [1.165, 1.54) is 49.0 Å². The maximum atomic E-state index is 6.17. The smallest absolute Gasteiger partial charge is 0.0934 e. The van der Waals surface area contributed by atoms with Gasteiger partial charge in [-0.15, -0.1) is 11.3 Å². The van der Waals surface area contributed by atoms with Crippen molar-refractivity contribution in [2.24, 2.45) is 5.92 Å². The van der Waals surface area contributed by atoms with Gasteiger partial charge in [-0.05, 0) is 57.3 Å². The first kappa shape index (κ1) is 15.8. The van der Waals surface area contributed by atoms with Gasteiger partial charge in [0.1, 0.15) is 0 Å². The Bertz CT molecular complexity index is 499. The van der Waals surface area contributed by atoms with Crippen molar-refractivity contribution in [3.05, 3.63) is 20.8 Å². The fourth-order valence-corrected chi connectivity index (χ4v) is 5.57. The molecule has 3 rings (SSSR count). The molecular formula is C17H27ClN2S. The predicted octanol–water partition coefficient (Wildman–Crippen LogP) is 4.49. The molecule has 118 valence electrons. The molecule has 0 bridgehead atoms. The highest BCUT2D eigenvalue weighted by Crippen LogP contribution is 2.40. The Hall–Kier alpha value is -0.0900. The highest BCUT2D eigenvalue weighted by molar-refractivity contribution is 7.16. The monoisotopic (exact) mass is 326 g/mol. The van der Waals surface area contributed by atoms with Crippen LogP contribution in [0, 0.1) is 5.92 Å². The minimum absolute atomic E-state index is 0.334. The van der Waals surface area contributed by atoms with Crippen LogP contribution in [0.2, 0.25) is 4.34 Å². The van der Waals surface area contributed by atoms with Gasteiger partial charge >= 0.3 is 0 Å². The summed E-state index contributed by atoms with van der Waals surface area (Å²) in [6, 6.07) is 2.69. The van der Waals surface area contributed by atoms with Gasteiger partial charge in [-0.3, -0.25) is 0 Å². The molecule has 0 spiro atoms. The Labute approximate surface area is 137 Å². The zero-order valence-corrected chi connectivity index (χ0v) is 15.0.